The van der Waals surface area contributed by atoms with E-state index in [9.17, 15) is 4.79 Å². The van der Waals surface area contributed by atoms with Crippen LogP contribution in [-0.4, -0.2) is 12.5 Å². The molecule has 2 aromatic carbocycles. The molecular formula is C15H14Cl2N2O. The standard InChI is InChI=1S/C15H14Cl2N2O/c1-10-3-2-4-12(7-10)18-9-15(20)19-14-8-11(16)5-6-13(14)17/h2-8,18H,9H2,1H3,(H,19,20). The van der Waals surface area contributed by atoms with E-state index in [0.717, 1.165) is 11.3 Å². The van der Waals surface area contributed by atoms with Crippen molar-refractivity contribution in [3.63, 3.8) is 0 Å². The molecule has 2 N–H and O–H groups in total. The summed E-state index contributed by atoms with van der Waals surface area (Å²) in [4.78, 5) is 11.9. The van der Waals surface area contributed by atoms with Crippen LogP contribution in [0, 0.1) is 6.92 Å². The molecule has 0 aliphatic carbocycles. The van der Waals surface area contributed by atoms with Crippen LogP contribution in [0.5, 0.6) is 0 Å². The average Bonchev–Trinajstić information content (AvgIpc) is 2.41. The van der Waals surface area contributed by atoms with Crippen molar-refractivity contribution in [2.75, 3.05) is 17.2 Å². The lowest BCUT2D eigenvalue weighted by atomic mass is 10.2. The number of carbonyl (C=O) groups excluding carboxylic acids is 1. The van der Waals surface area contributed by atoms with Crippen molar-refractivity contribution in [3.05, 3.63) is 58.1 Å². The number of rotatable bonds is 4. The normalized spacial score (nSPS) is 10.2. The summed E-state index contributed by atoms with van der Waals surface area (Å²) in [5.41, 5.74) is 2.54. The van der Waals surface area contributed by atoms with Crippen LogP contribution in [0.4, 0.5) is 11.4 Å². The van der Waals surface area contributed by atoms with Crippen LogP contribution < -0.4 is 10.6 Å². The molecule has 0 bridgehead atoms. The Morgan fingerprint density at radius 3 is 2.70 bits per heavy atom. The van der Waals surface area contributed by atoms with Crippen LogP contribution in [-0.2, 0) is 4.79 Å². The molecule has 0 aromatic heterocycles. The largest absolute Gasteiger partial charge is 0.376 e. The maximum Gasteiger partial charge on any atom is 0.243 e. The van der Waals surface area contributed by atoms with Crippen molar-refractivity contribution in [2.45, 2.75) is 6.92 Å². The Morgan fingerprint density at radius 1 is 1.15 bits per heavy atom. The molecule has 1 amide bonds. The lowest BCUT2D eigenvalue weighted by Gasteiger charge is -2.09. The van der Waals surface area contributed by atoms with Gasteiger partial charge in [0, 0.05) is 10.7 Å². The number of anilines is 2. The molecule has 0 spiro atoms. The molecule has 0 atom stereocenters. The highest BCUT2D eigenvalue weighted by molar-refractivity contribution is 6.35. The fourth-order valence-electron chi connectivity index (χ4n) is 1.73. The first-order valence-corrected chi connectivity index (χ1v) is 6.85. The maximum atomic E-state index is 11.9. The molecule has 0 aliphatic heterocycles. The Morgan fingerprint density at radius 2 is 1.95 bits per heavy atom. The quantitative estimate of drug-likeness (QED) is 0.881. The van der Waals surface area contributed by atoms with E-state index in [4.69, 9.17) is 23.2 Å². The first-order chi connectivity index (χ1) is 9.54. The number of hydrogen-bond donors (Lipinski definition) is 2. The van der Waals surface area contributed by atoms with Crippen molar-refractivity contribution in [3.8, 4) is 0 Å². The van der Waals surface area contributed by atoms with E-state index in [2.05, 4.69) is 10.6 Å². The molecule has 20 heavy (non-hydrogen) atoms. The Hall–Kier alpha value is -1.71. The van der Waals surface area contributed by atoms with Crippen LogP contribution in [0.25, 0.3) is 0 Å². The summed E-state index contributed by atoms with van der Waals surface area (Å²) >= 11 is 11.8. The van der Waals surface area contributed by atoms with Gasteiger partial charge in [0.2, 0.25) is 5.91 Å². The Balaban J connectivity index is 1.94. The van der Waals surface area contributed by atoms with Gasteiger partial charge >= 0.3 is 0 Å². The Kier molecular flexibility index (Phi) is 4.88. The van der Waals surface area contributed by atoms with Gasteiger partial charge in [-0.05, 0) is 42.8 Å². The van der Waals surface area contributed by atoms with Gasteiger partial charge < -0.3 is 10.6 Å². The van der Waals surface area contributed by atoms with Gasteiger partial charge in [-0.3, -0.25) is 4.79 Å². The second kappa shape index (κ2) is 6.64. The smallest absolute Gasteiger partial charge is 0.243 e. The molecule has 5 heteroatoms. The predicted octanol–water partition coefficient (Wildman–Crippen LogP) is 4.35. The molecule has 2 rings (SSSR count). The minimum atomic E-state index is -0.185. The highest BCUT2D eigenvalue weighted by Crippen LogP contribution is 2.25. The van der Waals surface area contributed by atoms with Gasteiger partial charge in [0.1, 0.15) is 0 Å². The minimum absolute atomic E-state index is 0.159. The predicted molar refractivity (Wildman–Crippen MR) is 84.8 cm³/mol. The third kappa shape index (κ3) is 4.15. The van der Waals surface area contributed by atoms with E-state index in [1.165, 1.54) is 0 Å². The van der Waals surface area contributed by atoms with Crippen molar-refractivity contribution in [1.29, 1.82) is 0 Å². The van der Waals surface area contributed by atoms with Gasteiger partial charge in [0.05, 0.1) is 17.3 Å². The Bertz CT molecular complexity index is 629. The summed E-state index contributed by atoms with van der Waals surface area (Å²) < 4.78 is 0. The van der Waals surface area contributed by atoms with Crippen molar-refractivity contribution < 1.29 is 4.79 Å². The molecule has 0 saturated carbocycles. The van der Waals surface area contributed by atoms with Gasteiger partial charge in [-0.15, -0.1) is 0 Å². The van der Waals surface area contributed by atoms with Crippen molar-refractivity contribution in [1.82, 2.24) is 0 Å². The lowest BCUT2D eigenvalue weighted by molar-refractivity contribution is -0.114. The van der Waals surface area contributed by atoms with E-state index in [1.54, 1.807) is 18.2 Å². The second-order valence-electron chi connectivity index (χ2n) is 4.40. The molecule has 0 unspecified atom stereocenters. The van der Waals surface area contributed by atoms with Crippen molar-refractivity contribution >= 4 is 40.5 Å². The summed E-state index contributed by atoms with van der Waals surface area (Å²) in [6.07, 6.45) is 0. The SMILES string of the molecule is Cc1cccc(NCC(=O)Nc2cc(Cl)ccc2Cl)c1. The topological polar surface area (TPSA) is 41.1 Å². The Labute approximate surface area is 127 Å². The van der Waals surface area contributed by atoms with Crippen LogP contribution >= 0.6 is 23.2 Å². The molecule has 0 aliphatic rings. The summed E-state index contributed by atoms with van der Waals surface area (Å²) in [6, 6.07) is 12.7. The molecule has 0 heterocycles. The molecule has 104 valence electrons. The monoisotopic (exact) mass is 308 g/mol. The highest BCUT2D eigenvalue weighted by Gasteiger charge is 2.06. The summed E-state index contributed by atoms with van der Waals surface area (Å²) in [6.45, 7) is 2.16. The highest BCUT2D eigenvalue weighted by atomic mass is 35.5. The molecule has 0 saturated heterocycles. The summed E-state index contributed by atoms with van der Waals surface area (Å²) in [5, 5.41) is 6.75. The minimum Gasteiger partial charge on any atom is -0.376 e. The number of nitrogens with one attached hydrogen (secondary N) is 2. The van der Waals surface area contributed by atoms with E-state index < -0.39 is 0 Å². The van der Waals surface area contributed by atoms with Gasteiger partial charge in [-0.25, -0.2) is 0 Å². The number of halogens is 2. The zero-order valence-electron chi connectivity index (χ0n) is 10.9. The number of aryl methyl sites for hydroxylation is 1. The first-order valence-electron chi connectivity index (χ1n) is 6.10. The molecule has 0 radical (unpaired) electrons. The van der Waals surface area contributed by atoms with Gasteiger partial charge in [-0.1, -0.05) is 35.3 Å². The second-order valence-corrected chi connectivity index (χ2v) is 5.24. The van der Waals surface area contributed by atoms with Crippen molar-refractivity contribution in [2.24, 2.45) is 0 Å². The maximum absolute atomic E-state index is 11.9. The van der Waals surface area contributed by atoms with E-state index in [1.807, 2.05) is 31.2 Å². The molecular weight excluding hydrogens is 295 g/mol. The van der Waals surface area contributed by atoms with E-state index in [-0.39, 0.29) is 12.5 Å². The third-order valence-electron chi connectivity index (χ3n) is 2.67. The fraction of sp³-hybridized carbons (Fsp3) is 0.133. The number of amides is 1. The average molecular weight is 309 g/mol. The number of carbonyl (C=O) groups is 1. The zero-order valence-corrected chi connectivity index (χ0v) is 12.4. The van der Waals surface area contributed by atoms with Crippen LogP contribution in [0.2, 0.25) is 10.0 Å². The van der Waals surface area contributed by atoms with Gasteiger partial charge in [-0.2, -0.15) is 0 Å². The number of hydrogen-bond acceptors (Lipinski definition) is 2. The van der Waals surface area contributed by atoms with Gasteiger partial charge in [0.25, 0.3) is 0 Å². The number of benzene rings is 2. The van der Waals surface area contributed by atoms with Crippen LogP contribution in [0.3, 0.4) is 0 Å². The summed E-state index contributed by atoms with van der Waals surface area (Å²) in [7, 11) is 0. The van der Waals surface area contributed by atoms with E-state index >= 15 is 0 Å². The van der Waals surface area contributed by atoms with E-state index in [0.29, 0.717) is 15.7 Å². The van der Waals surface area contributed by atoms with Crippen LogP contribution in [0.1, 0.15) is 5.56 Å². The van der Waals surface area contributed by atoms with Crippen LogP contribution in [0.15, 0.2) is 42.5 Å². The zero-order chi connectivity index (χ0) is 14.5. The molecule has 2 aromatic rings. The molecule has 0 fully saturated rings. The lowest BCUT2D eigenvalue weighted by Crippen LogP contribution is -2.21. The summed E-state index contributed by atoms with van der Waals surface area (Å²) in [5.74, 6) is -0.185. The molecule has 3 nitrogen and oxygen atoms in total. The third-order valence-corrected chi connectivity index (χ3v) is 3.24. The van der Waals surface area contributed by atoms with Gasteiger partial charge in [0.15, 0.2) is 0 Å². The fourth-order valence-corrected chi connectivity index (χ4v) is 2.06. The first kappa shape index (κ1) is 14.7.